The van der Waals surface area contributed by atoms with Gasteiger partial charge in [-0.1, -0.05) is 20.4 Å². The fourth-order valence-corrected chi connectivity index (χ4v) is 3.20. The second-order valence-corrected chi connectivity index (χ2v) is 5.73. The van der Waals surface area contributed by atoms with Crippen molar-refractivity contribution in [3.05, 3.63) is 68.4 Å². The van der Waals surface area contributed by atoms with Gasteiger partial charge in [-0.2, -0.15) is 0 Å². The second-order valence-electron chi connectivity index (χ2n) is 5.73. The van der Waals surface area contributed by atoms with Crippen LogP contribution in [0.15, 0.2) is 46.1 Å². The van der Waals surface area contributed by atoms with Crippen molar-refractivity contribution >= 4 is 11.6 Å². The molecule has 2 heterocycles. The lowest BCUT2D eigenvalue weighted by Gasteiger charge is -2.29. The molecule has 5 nitrogen and oxygen atoms in total. The molecule has 5 heteroatoms. The molecular weight excluding hydrogens is 292 g/mol. The molecule has 23 heavy (non-hydrogen) atoms. The van der Waals surface area contributed by atoms with E-state index in [1.165, 1.54) is 17.7 Å². The van der Waals surface area contributed by atoms with Crippen molar-refractivity contribution in [3.8, 4) is 0 Å². The van der Waals surface area contributed by atoms with Crippen LogP contribution in [0.4, 0.5) is 0 Å². The van der Waals surface area contributed by atoms with Gasteiger partial charge >= 0.3 is 0 Å². The van der Waals surface area contributed by atoms with Gasteiger partial charge in [0.1, 0.15) is 11.4 Å². The first-order valence-electron chi connectivity index (χ1n) is 7.64. The summed E-state index contributed by atoms with van der Waals surface area (Å²) >= 11 is 0. The van der Waals surface area contributed by atoms with Crippen molar-refractivity contribution in [3.63, 3.8) is 0 Å². The van der Waals surface area contributed by atoms with Crippen molar-refractivity contribution in [1.29, 1.82) is 0 Å². The summed E-state index contributed by atoms with van der Waals surface area (Å²) in [6.45, 7) is 7.64. The number of carbonyl (C=O) groups is 2. The van der Waals surface area contributed by atoms with Gasteiger partial charge in [0.2, 0.25) is 5.78 Å². The summed E-state index contributed by atoms with van der Waals surface area (Å²) in [6, 6.07) is 1.44. The molecule has 3 rings (SSSR count). The zero-order valence-electron chi connectivity index (χ0n) is 13.4. The first-order chi connectivity index (χ1) is 10.9. The first-order valence-corrected chi connectivity index (χ1v) is 7.64. The Balaban J connectivity index is 2.37. The SMILES string of the molecule is C=C1C=C(CC)C2=C(N1)C(=O)c1c(c(CC)cc(=O)n1C)C2=O. The summed E-state index contributed by atoms with van der Waals surface area (Å²) in [5.41, 5.74) is 2.86. The number of nitrogens with one attached hydrogen (secondary N) is 1. The molecule has 2 aliphatic rings. The van der Waals surface area contributed by atoms with E-state index in [0.29, 0.717) is 35.2 Å². The van der Waals surface area contributed by atoms with Crippen LogP contribution in [0.2, 0.25) is 0 Å². The maximum Gasteiger partial charge on any atom is 0.251 e. The third kappa shape index (κ3) is 2.04. The minimum absolute atomic E-state index is 0.163. The van der Waals surface area contributed by atoms with Gasteiger partial charge in [-0.3, -0.25) is 14.4 Å². The van der Waals surface area contributed by atoms with Crippen LogP contribution in [-0.2, 0) is 13.5 Å². The predicted octanol–water partition coefficient (Wildman–Crippen LogP) is 2.03. The van der Waals surface area contributed by atoms with Crippen molar-refractivity contribution in [2.24, 2.45) is 7.05 Å². The number of carbonyl (C=O) groups excluding carboxylic acids is 2. The average Bonchev–Trinajstić information content (AvgIpc) is 2.53. The number of rotatable bonds is 2. The van der Waals surface area contributed by atoms with E-state index in [4.69, 9.17) is 0 Å². The van der Waals surface area contributed by atoms with Gasteiger partial charge in [0.05, 0.1) is 11.1 Å². The number of hydrogen-bond donors (Lipinski definition) is 1. The maximum atomic E-state index is 13.1. The van der Waals surface area contributed by atoms with Gasteiger partial charge in [-0.05, 0) is 30.1 Å². The molecule has 1 aromatic heterocycles. The molecule has 0 spiro atoms. The first kappa shape index (κ1) is 15.2. The number of allylic oxidation sites excluding steroid dienone is 4. The van der Waals surface area contributed by atoms with Gasteiger partial charge in [-0.15, -0.1) is 0 Å². The standard InChI is InChI=1S/C18H18N2O3/c1-5-10-7-9(3)19-15-13(10)17(22)14-11(6-2)8-12(21)20(4)16(14)18(15)23/h7-8,19H,3,5-6H2,1-2,4H3. The summed E-state index contributed by atoms with van der Waals surface area (Å²) in [5.74, 6) is -0.528. The van der Waals surface area contributed by atoms with Crippen molar-refractivity contribution in [2.75, 3.05) is 0 Å². The lowest BCUT2D eigenvalue weighted by molar-refractivity contribution is 0.0962. The van der Waals surface area contributed by atoms with Crippen LogP contribution >= 0.6 is 0 Å². The van der Waals surface area contributed by atoms with E-state index in [0.717, 1.165) is 5.57 Å². The Labute approximate surface area is 134 Å². The number of dihydropyridines is 1. The van der Waals surface area contributed by atoms with Gasteiger partial charge in [-0.25, -0.2) is 0 Å². The number of fused-ring (bicyclic) bond motifs is 1. The molecule has 0 atom stereocenters. The van der Waals surface area contributed by atoms with Crippen LogP contribution in [0, 0.1) is 0 Å². The number of Topliss-reactive ketones (excluding diaryl/α,β-unsaturated/α-hetero) is 2. The minimum atomic E-state index is -0.329. The van der Waals surface area contributed by atoms with E-state index >= 15 is 0 Å². The van der Waals surface area contributed by atoms with E-state index < -0.39 is 0 Å². The molecule has 1 N–H and O–H groups in total. The van der Waals surface area contributed by atoms with Gasteiger partial charge in [0.15, 0.2) is 5.78 Å². The van der Waals surface area contributed by atoms with Gasteiger partial charge < -0.3 is 9.88 Å². The number of hydrogen-bond acceptors (Lipinski definition) is 4. The van der Waals surface area contributed by atoms with Crippen LogP contribution < -0.4 is 10.9 Å². The lowest BCUT2D eigenvalue weighted by Crippen LogP contribution is -2.38. The summed E-state index contributed by atoms with van der Waals surface area (Å²) in [4.78, 5) is 38.1. The highest BCUT2D eigenvalue weighted by atomic mass is 16.1. The highest BCUT2D eigenvalue weighted by Gasteiger charge is 2.38. The molecule has 0 bridgehead atoms. The highest BCUT2D eigenvalue weighted by Crippen LogP contribution is 2.34. The molecule has 1 aromatic rings. The van der Waals surface area contributed by atoms with Crippen LogP contribution in [0.25, 0.3) is 0 Å². The molecule has 0 fully saturated rings. The number of ketones is 2. The van der Waals surface area contributed by atoms with Gasteiger partial charge in [0.25, 0.3) is 5.56 Å². The topological polar surface area (TPSA) is 68.2 Å². The Morgan fingerprint density at radius 2 is 1.83 bits per heavy atom. The van der Waals surface area contributed by atoms with Crippen LogP contribution in [-0.4, -0.2) is 16.1 Å². The molecule has 0 radical (unpaired) electrons. The van der Waals surface area contributed by atoms with Crippen LogP contribution in [0.5, 0.6) is 0 Å². The van der Waals surface area contributed by atoms with E-state index in [2.05, 4.69) is 11.9 Å². The Hall–Kier alpha value is -2.69. The highest BCUT2D eigenvalue weighted by molar-refractivity contribution is 6.28. The lowest BCUT2D eigenvalue weighted by atomic mass is 9.81. The normalized spacial score (nSPS) is 16.8. The summed E-state index contributed by atoms with van der Waals surface area (Å²) in [5, 5.41) is 2.91. The van der Waals surface area contributed by atoms with E-state index in [9.17, 15) is 14.4 Å². The number of aryl methyl sites for hydroxylation is 1. The molecule has 118 valence electrons. The van der Waals surface area contributed by atoms with Crippen LogP contribution in [0.3, 0.4) is 0 Å². The van der Waals surface area contributed by atoms with E-state index in [-0.39, 0.29) is 28.5 Å². The van der Waals surface area contributed by atoms with Gasteiger partial charge in [0, 0.05) is 18.8 Å². The van der Waals surface area contributed by atoms with E-state index in [1.807, 2.05) is 13.8 Å². The molecule has 0 amide bonds. The average molecular weight is 310 g/mol. The van der Waals surface area contributed by atoms with E-state index in [1.54, 1.807) is 6.08 Å². The summed E-state index contributed by atoms with van der Waals surface area (Å²) < 4.78 is 1.26. The van der Waals surface area contributed by atoms with Crippen LogP contribution in [0.1, 0.15) is 46.7 Å². The number of pyridine rings is 1. The molecule has 1 aliphatic heterocycles. The summed E-state index contributed by atoms with van der Waals surface area (Å²) in [6.07, 6.45) is 2.94. The maximum absolute atomic E-state index is 13.1. The summed E-state index contributed by atoms with van der Waals surface area (Å²) in [7, 11) is 1.52. The molecule has 0 saturated carbocycles. The van der Waals surface area contributed by atoms with Crippen molar-refractivity contribution in [2.45, 2.75) is 26.7 Å². The molecule has 0 saturated heterocycles. The Morgan fingerprint density at radius 1 is 1.13 bits per heavy atom. The smallest absolute Gasteiger partial charge is 0.251 e. The quantitative estimate of drug-likeness (QED) is 0.907. The Bertz CT molecular complexity index is 898. The Morgan fingerprint density at radius 3 is 2.43 bits per heavy atom. The number of nitrogens with zero attached hydrogens (tertiary/aromatic N) is 1. The molecule has 0 unspecified atom stereocenters. The Kier molecular flexibility index (Phi) is 3.43. The third-order valence-corrected chi connectivity index (χ3v) is 4.38. The monoisotopic (exact) mass is 310 g/mol. The fourth-order valence-electron chi connectivity index (χ4n) is 3.20. The fraction of sp³-hybridized carbons (Fsp3) is 0.278. The third-order valence-electron chi connectivity index (χ3n) is 4.38. The largest absolute Gasteiger partial charge is 0.352 e. The molecule has 1 aliphatic carbocycles. The van der Waals surface area contributed by atoms with Crippen molar-refractivity contribution < 1.29 is 9.59 Å². The molecule has 0 aromatic carbocycles. The predicted molar refractivity (Wildman–Crippen MR) is 87.4 cm³/mol. The van der Waals surface area contributed by atoms with Crippen molar-refractivity contribution in [1.82, 2.24) is 9.88 Å². The zero-order chi connectivity index (χ0) is 16.9. The second kappa shape index (κ2) is 5.19. The number of aromatic nitrogens is 1. The molecular formula is C18H18N2O3. The zero-order valence-corrected chi connectivity index (χ0v) is 13.4. The minimum Gasteiger partial charge on any atom is -0.352 e.